The number of nitrogens with zero attached hydrogens (tertiary/aromatic N) is 1. The van der Waals surface area contributed by atoms with Gasteiger partial charge in [-0.1, -0.05) is 0 Å². The summed E-state index contributed by atoms with van der Waals surface area (Å²) in [5.41, 5.74) is 7.19. The van der Waals surface area contributed by atoms with E-state index in [1.54, 1.807) is 13.3 Å². The van der Waals surface area contributed by atoms with Crippen LogP contribution in [0.2, 0.25) is 0 Å². The number of hydrogen-bond acceptors (Lipinski definition) is 4. The molecule has 0 amide bonds. The van der Waals surface area contributed by atoms with E-state index in [0.717, 1.165) is 12.0 Å². The normalized spacial score (nSPS) is 10.1. The van der Waals surface area contributed by atoms with Crippen LogP contribution in [0.5, 0.6) is 5.88 Å². The molecule has 4 nitrogen and oxygen atoms in total. The number of rotatable bonds is 5. The lowest BCUT2D eigenvalue weighted by molar-refractivity contribution is 0.170. The Bertz CT molecular complexity index is 289. The Morgan fingerprint density at radius 2 is 2.21 bits per heavy atom. The molecule has 0 aliphatic rings. The van der Waals surface area contributed by atoms with E-state index < -0.39 is 0 Å². The van der Waals surface area contributed by atoms with Crippen molar-refractivity contribution in [2.75, 3.05) is 26.1 Å². The zero-order chi connectivity index (χ0) is 10.4. The van der Waals surface area contributed by atoms with Crippen LogP contribution in [0.3, 0.4) is 0 Å². The lowest BCUT2D eigenvalue weighted by Crippen LogP contribution is -2.04. The predicted molar refractivity (Wildman–Crippen MR) is 55.4 cm³/mol. The third-order valence-corrected chi connectivity index (χ3v) is 1.78. The highest BCUT2D eigenvalue weighted by atomic mass is 16.5. The molecule has 0 unspecified atom stereocenters. The molecule has 78 valence electrons. The van der Waals surface area contributed by atoms with E-state index in [4.69, 9.17) is 15.2 Å². The van der Waals surface area contributed by atoms with Crippen molar-refractivity contribution in [3.8, 4) is 5.88 Å². The Hall–Kier alpha value is -1.29. The average Bonchev–Trinajstić information content (AvgIpc) is 2.15. The fourth-order valence-corrected chi connectivity index (χ4v) is 1.11. The SMILES string of the molecule is COCCCOc1ncc(N)cc1C. The lowest BCUT2D eigenvalue weighted by Gasteiger charge is -2.07. The number of ether oxygens (including phenoxy) is 2. The molecule has 0 atom stereocenters. The first-order valence-electron chi connectivity index (χ1n) is 4.58. The van der Waals surface area contributed by atoms with Crippen LogP contribution < -0.4 is 10.5 Å². The summed E-state index contributed by atoms with van der Waals surface area (Å²) in [6, 6.07) is 1.85. The molecule has 0 radical (unpaired) electrons. The minimum atomic E-state index is 0.617. The molecule has 0 fully saturated rings. The number of aromatic nitrogens is 1. The van der Waals surface area contributed by atoms with Gasteiger partial charge in [-0.25, -0.2) is 4.98 Å². The van der Waals surface area contributed by atoms with Gasteiger partial charge in [-0.2, -0.15) is 0 Å². The largest absolute Gasteiger partial charge is 0.477 e. The molecule has 0 saturated heterocycles. The summed E-state index contributed by atoms with van der Waals surface area (Å²) in [6.07, 6.45) is 2.46. The summed E-state index contributed by atoms with van der Waals surface area (Å²) in [7, 11) is 1.67. The molecule has 0 aliphatic heterocycles. The van der Waals surface area contributed by atoms with E-state index in [1.165, 1.54) is 0 Å². The first-order valence-corrected chi connectivity index (χ1v) is 4.58. The summed E-state index contributed by atoms with van der Waals surface area (Å²) < 4.78 is 10.4. The zero-order valence-corrected chi connectivity index (χ0v) is 8.62. The van der Waals surface area contributed by atoms with Crippen molar-refractivity contribution in [3.05, 3.63) is 17.8 Å². The molecule has 0 aliphatic carbocycles. The Morgan fingerprint density at radius 1 is 1.43 bits per heavy atom. The van der Waals surface area contributed by atoms with Crippen molar-refractivity contribution in [2.24, 2.45) is 0 Å². The number of nitrogen functional groups attached to an aromatic ring is 1. The predicted octanol–water partition coefficient (Wildman–Crippen LogP) is 1.39. The Labute approximate surface area is 84.0 Å². The number of methoxy groups -OCH3 is 1. The highest BCUT2D eigenvalue weighted by Gasteiger charge is 2.00. The maximum atomic E-state index is 5.57. The first-order chi connectivity index (χ1) is 6.74. The topological polar surface area (TPSA) is 57.4 Å². The number of nitrogens with two attached hydrogens (primary N) is 1. The number of hydrogen-bond donors (Lipinski definition) is 1. The van der Waals surface area contributed by atoms with Crippen LogP contribution in [0.25, 0.3) is 0 Å². The van der Waals surface area contributed by atoms with Gasteiger partial charge >= 0.3 is 0 Å². The van der Waals surface area contributed by atoms with Crippen molar-refractivity contribution in [3.63, 3.8) is 0 Å². The fourth-order valence-electron chi connectivity index (χ4n) is 1.11. The van der Waals surface area contributed by atoms with Gasteiger partial charge in [0.2, 0.25) is 5.88 Å². The number of anilines is 1. The second kappa shape index (κ2) is 5.44. The molecule has 1 rings (SSSR count). The molecule has 0 saturated carbocycles. The molecule has 0 bridgehead atoms. The van der Waals surface area contributed by atoms with Gasteiger partial charge in [0.15, 0.2) is 0 Å². The van der Waals surface area contributed by atoms with Crippen molar-refractivity contribution in [1.82, 2.24) is 4.98 Å². The van der Waals surface area contributed by atoms with E-state index in [0.29, 0.717) is 24.8 Å². The van der Waals surface area contributed by atoms with Crippen LogP contribution in [0.15, 0.2) is 12.3 Å². The van der Waals surface area contributed by atoms with Crippen LogP contribution in [0.4, 0.5) is 5.69 Å². The fraction of sp³-hybridized carbons (Fsp3) is 0.500. The zero-order valence-electron chi connectivity index (χ0n) is 8.62. The maximum Gasteiger partial charge on any atom is 0.216 e. The molecule has 1 aromatic rings. The van der Waals surface area contributed by atoms with Crippen LogP contribution in [0, 0.1) is 6.92 Å². The highest BCUT2D eigenvalue weighted by molar-refractivity contribution is 5.41. The van der Waals surface area contributed by atoms with E-state index in [1.807, 2.05) is 13.0 Å². The van der Waals surface area contributed by atoms with Gasteiger partial charge in [0, 0.05) is 25.7 Å². The molecule has 2 N–H and O–H groups in total. The van der Waals surface area contributed by atoms with Crippen LogP contribution in [0.1, 0.15) is 12.0 Å². The van der Waals surface area contributed by atoms with Crippen molar-refractivity contribution in [2.45, 2.75) is 13.3 Å². The average molecular weight is 196 g/mol. The van der Waals surface area contributed by atoms with E-state index >= 15 is 0 Å². The van der Waals surface area contributed by atoms with Gasteiger partial charge in [-0.05, 0) is 13.0 Å². The Balaban J connectivity index is 2.42. The van der Waals surface area contributed by atoms with Gasteiger partial charge < -0.3 is 15.2 Å². The molecule has 14 heavy (non-hydrogen) atoms. The van der Waals surface area contributed by atoms with Crippen molar-refractivity contribution >= 4 is 5.69 Å². The third kappa shape index (κ3) is 3.22. The van der Waals surface area contributed by atoms with Crippen molar-refractivity contribution < 1.29 is 9.47 Å². The molecule has 0 spiro atoms. The third-order valence-electron chi connectivity index (χ3n) is 1.78. The second-order valence-corrected chi connectivity index (χ2v) is 3.09. The van der Waals surface area contributed by atoms with Crippen molar-refractivity contribution in [1.29, 1.82) is 0 Å². The minimum Gasteiger partial charge on any atom is -0.477 e. The number of pyridine rings is 1. The summed E-state index contributed by atoms with van der Waals surface area (Å²) in [5, 5.41) is 0. The molecular weight excluding hydrogens is 180 g/mol. The van der Waals surface area contributed by atoms with Gasteiger partial charge in [-0.15, -0.1) is 0 Å². The summed E-state index contributed by atoms with van der Waals surface area (Å²) in [6.45, 7) is 3.24. The van der Waals surface area contributed by atoms with Crippen LogP contribution in [-0.4, -0.2) is 25.3 Å². The van der Waals surface area contributed by atoms with Gasteiger partial charge in [0.25, 0.3) is 0 Å². The smallest absolute Gasteiger partial charge is 0.216 e. The Morgan fingerprint density at radius 3 is 2.86 bits per heavy atom. The minimum absolute atomic E-state index is 0.617. The lowest BCUT2D eigenvalue weighted by atomic mass is 10.3. The molecule has 4 heteroatoms. The van der Waals surface area contributed by atoms with Gasteiger partial charge in [-0.3, -0.25) is 0 Å². The van der Waals surface area contributed by atoms with E-state index in [9.17, 15) is 0 Å². The Kier molecular flexibility index (Phi) is 4.19. The highest BCUT2D eigenvalue weighted by Crippen LogP contribution is 2.16. The molecule has 1 heterocycles. The van der Waals surface area contributed by atoms with Gasteiger partial charge in [0.1, 0.15) is 0 Å². The summed E-state index contributed by atoms with van der Waals surface area (Å²) >= 11 is 0. The standard InChI is InChI=1S/C10H16N2O2/c1-8-6-9(11)7-12-10(8)14-5-3-4-13-2/h6-7H,3-5,11H2,1-2H3. The molecular formula is C10H16N2O2. The molecule has 0 aromatic carbocycles. The second-order valence-electron chi connectivity index (χ2n) is 3.09. The summed E-state index contributed by atoms with van der Waals surface area (Å²) in [5.74, 6) is 0.648. The first kappa shape index (κ1) is 10.8. The quantitative estimate of drug-likeness (QED) is 0.723. The van der Waals surface area contributed by atoms with Crippen LogP contribution >= 0.6 is 0 Å². The van der Waals surface area contributed by atoms with Gasteiger partial charge in [0.05, 0.1) is 18.5 Å². The van der Waals surface area contributed by atoms with E-state index in [2.05, 4.69) is 4.98 Å². The maximum absolute atomic E-state index is 5.57. The van der Waals surface area contributed by atoms with E-state index in [-0.39, 0.29) is 0 Å². The van der Waals surface area contributed by atoms with Crippen LogP contribution in [-0.2, 0) is 4.74 Å². The number of aryl methyl sites for hydroxylation is 1. The summed E-state index contributed by atoms with van der Waals surface area (Å²) in [4.78, 5) is 4.09. The monoisotopic (exact) mass is 196 g/mol. The molecule has 1 aromatic heterocycles.